The summed E-state index contributed by atoms with van der Waals surface area (Å²) in [5.74, 6) is -0.997. The molecule has 0 aromatic heterocycles. The number of hydrogen-bond acceptors (Lipinski definition) is 3. The van der Waals surface area contributed by atoms with Crippen molar-refractivity contribution in [1.29, 1.82) is 0 Å². The highest BCUT2D eigenvalue weighted by molar-refractivity contribution is 5.82. The van der Waals surface area contributed by atoms with Gasteiger partial charge in [0.2, 0.25) is 0 Å². The molecule has 0 heterocycles. The largest absolute Gasteiger partial charge is 0.480 e. The molecule has 1 fully saturated rings. The van der Waals surface area contributed by atoms with Crippen LogP contribution in [0.3, 0.4) is 0 Å². The van der Waals surface area contributed by atoms with Gasteiger partial charge in [0.05, 0.1) is 6.61 Å². The molecule has 6 nitrogen and oxygen atoms in total. The first-order chi connectivity index (χ1) is 8.10. The number of carbonyl (C=O) groups excluding carboxylic acids is 1. The van der Waals surface area contributed by atoms with Crippen molar-refractivity contribution in [2.45, 2.75) is 38.3 Å². The first kappa shape index (κ1) is 13.8. The summed E-state index contributed by atoms with van der Waals surface area (Å²) in [6, 6.07) is -0.874. The molecular weight excluding hydrogens is 224 g/mol. The third-order valence-corrected chi connectivity index (χ3v) is 2.79. The third kappa shape index (κ3) is 4.22. The van der Waals surface area contributed by atoms with Gasteiger partial charge in [-0.2, -0.15) is 0 Å². The number of rotatable bonds is 7. The topological polar surface area (TPSA) is 78.9 Å². The standard InChI is InChI=1S/C11H20N2O4/c1-3-9(10(14)15)12-11(16)13(6-7-17-2)8-4-5-8/h8-9H,3-7H2,1-2H3,(H,12,16)(H,14,15)/t9-/m0/s1. The van der Waals surface area contributed by atoms with Crippen molar-refractivity contribution in [3.05, 3.63) is 0 Å². The lowest BCUT2D eigenvalue weighted by Gasteiger charge is -2.24. The number of urea groups is 1. The Morgan fingerprint density at radius 2 is 2.18 bits per heavy atom. The van der Waals surface area contributed by atoms with E-state index in [9.17, 15) is 9.59 Å². The van der Waals surface area contributed by atoms with Crippen LogP contribution in [0, 0.1) is 0 Å². The Kier molecular flexibility index (Phi) is 5.21. The van der Waals surface area contributed by atoms with Gasteiger partial charge in [-0.05, 0) is 19.3 Å². The lowest BCUT2D eigenvalue weighted by Crippen LogP contribution is -2.49. The van der Waals surface area contributed by atoms with Crippen molar-refractivity contribution in [2.24, 2.45) is 0 Å². The van der Waals surface area contributed by atoms with Gasteiger partial charge in [-0.25, -0.2) is 9.59 Å². The summed E-state index contributed by atoms with van der Waals surface area (Å²) in [6.07, 6.45) is 2.35. The third-order valence-electron chi connectivity index (χ3n) is 2.79. The normalized spacial score (nSPS) is 16.4. The van der Waals surface area contributed by atoms with E-state index in [0.717, 1.165) is 12.8 Å². The Bertz CT molecular complexity index is 279. The van der Waals surface area contributed by atoms with Crippen LogP contribution in [0.2, 0.25) is 0 Å². The minimum atomic E-state index is -0.997. The minimum Gasteiger partial charge on any atom is -0.480 e. The molecule has 1 rings (SSSR count). The molecule has 2 N–H and O–H groups in total. The zero-order valence-corrected chi connectivity index (χ0v) is 10.3. The number of carboxylic acid groups (broad SMARTS) is 1. The second kappa shape index (κ2) is 6.44. The maximum Gasteiger partial charge on any atom is 0.326 e. The van der Waals surface area contributed by atoms with Gasteiger partial charge in [0.15, 0.2) is 0 Å². The van der Waals surface area contributed by atoms with E-state index in [2.05, 4.69) is 5.32 Å². The monoisotopic (exact) mass is 244 g/mol. The number of amides is 2. The van der Waals surface area contributed by atoms with Crippen molar-refractivity contribution in [3.63, 3.8) is 0 Å². The van der Waals surface area contributed by atoms with Crippen LogP contribution >= 0.6 is 0 Å². The summed E-state index contributed by atoms with van der Waals surface area (Å²) in [4.78, 5) is 24.4. The second-order valence-electron chi connectivity index (χ2n) is 4.17. The molecule has 6 heteroatoms. The number of methoxy groups -OCH3 is 1. The molecule has 0 aliphatic heterocycles. The highest BCUT2D eigenvalue weighted by Gasteiger charge is 2.33. The summed E-state index contributed by atoms with van der Waals surface area (Å²) in [5, 5.41) is 11.4. The molecule has 0 aromatic rings. The van der Waals surface area contributed by atoms with Crippen LogP contribution in [-0.4, -0.2) is 54.4 Å². The fraction of sp³-hybridized carbons (Fsp3) is 0.818. The lowest BCUT2D eigenvalue weighted by molar-refractivity contribution is -0.139. The zero-order valence-electron chi connectivity index (χ0n) is 10.3. The van der Waals surface area contributed by atoms with Gasteiger partial charge >= 0.3 is 12.0 Å². The van der Waals surface area contributed by atoms with Crippen LogP contribution in [-0.2, 0) is 9.53 Å². The average Bonchev–Trinajstić information content (AvgIpc) is 3.10. The fourth-order valence-electron chi connectivity index (χ4n) is 1.60. The van der Waals surface area contributed by atoms with Crippen LogP contribution in [0.5, 0.6) is 0 Å². The van der Waals surface area contributed by atoms with E-state index in [1.807, 2.05) is 0 Å². The quantitative estimate of drug-likeness (QED) is 0.690. The number of carboxylic acids is 1. The lowest BCUT2D eigenvalue weighted by atomic mass is 10.2. The molecule has 0 aromatic carbocycles. The van der Waals surface area contributed by atoms with Gasteiger partial charge in [0, 0.05) is 19.7 Å². The van der Waals surface area contributed by atoms with Gasteiger partial charge in [-0.15, -0.1) is 0 Å². The molecule has 2 amide bonds. The van der Waals surface area contributed by atoms with Gasteiger partial charge in [0.25, 0.3) is 0 Å². The number of carbonyl (C=O) groups is 2. The van der Waals surface area contributed by atoms with E-state index < -0.39 is 12.0 Å². The van der Waals surface area contributed by atoms with E-state index in [4.69, 9.17) is 9.84 Å². The van der Waals surface area contributed by atoms with Crippen molar-refractivity contribution in [2.75, 3.05) is 20.3 Å². The second-order valence-corrected chi connectivity index (χ2v) is 4.17. The summed E-state index contributed by atoms with van der Waals surface area (Å²) in [6.45, 7) is 2.70. The average molecular weight is 244 g/mol. The molecule has 0 bridgehead atoms. The van der Waals surface area contributed by atoms with Gasteiger partial charge in [-0.1, -0.05) is 6.92 Å². The molecule has 1 atom stereocenters. The van der Waals surface area contributed by atoms with Crippen molar-refractivity contribution in [3.8, 4) is 0 Å². The highest BCUT2D eigenvalue weighted by atomic mass is 16.5. The number of hydrogen-bond donors (Lipinski definition) is 2. The van der Waals surface area contributed by atoms with Gasteiger partial charge in [-0.3, -0.25) is 0 Å². The number of nitrogens with zero attached hydrogens (tertiary/aromatic N) is 1. The van der Waals surface area contributed by atoms with E-state index in [0.29, 0.717) is 19.6 Å². The van der Waals surface area contributed by atoms with Gasteiger partial charge < -0.3 is 20.1 Å². The fourth-order valence-corrected chi connectivity index (χ4v) is 1.60. The summed E-state index contributed by atoms with van der Waals surface area (Å²) >= 11 is 0. The highest BCUT2D eigenvalue weighted by Crippen LogP contribution is 2.26. The van der Waals surface area contributed by atoms with Gasteiger partial charge in [0.1, 0.15) is 6.04 Å². The van der Waals surface area contributed by atoms with Crippen molar-refractivity contribution in [1.82, 2.24) is 10.2 Å². The van der Waals surface area contributed by atoms with Crippen LogP contribution in [0.4, 0.5) is 4.79 Å². The molecule has 17 heavy (non-hydrogen) atoms. The molecule has 0 spiro atoms. The SMILES string of the molecule is CC[C@H](NC(=O)N(CCOC)C1CC1)C(=O)O. The Labute approximate surface area is 101 Å². The van der Waals surface area contributed by atoms with Crippen LogP contribution in [0.15, 0.2) is 0 Å². The summed E-state index contributed by atoms with van der Waals surface area (Å²) in [5.41, 5.74) is 0. The van der Waals surface area contributed by atoms with E-state index in [1.54, 1.807) is 18.9 Å². The Hall–Kier alpha value is -1.30. The Balaban J connectivity index is 2.49. The number of ether oxygens (including phenoxy) is 1. The van der Waals surface area contributed by atoms with Crippen LogP contribution in [0.25, 0.3) is 0 Å². The first-order valence-electron chi connectivity index (χ1n) is 5.89. The molecule has 98 valence electrons. The maximum atomic E-state index is 11.9. The van der Waals surface area contributed by atoms with E-state index >= 15 is 0 Å². The molecule has 0 saturated heterocycles. The smallest absolute Gasteiger partial charge is 0.326 e. The predicted molar refractivity (Wildman–Crippen MR) is 61.9 cm³/mol. The Morgan fingerprint density at radius 3 is 2.59 bits per heavy atom. The van der Waals surface area contributed by atoms with E-state index in [-0.39, 0.29) is 12.1 Å². The molecule has 0 radical (unpaired) electrons. The maximum absolute atomic E-state index is 11.9. The summed E-state index contributed by atoms with van der Waals surface area (Å²) in [7, 11) is 1.58. The molecule has 1 aliphatic carbocycles. The minimum absolute atomic E-state index is 0.247. The van der Waals surface area contributed by atoms with Crippen molar-refractivity contribution < 1.29 is 19.4 Å². The number of nitrogens with one attached hydrogen (secondary N) is 1. The molecule has 1 saturated carbocycles. The van der Waals surface area contributed by atoms with Crippen LogP contribution in [0.1, 0.15) is 26.2 Å². The zero-order chi connectivity index (χ0) is 12.8. The van der Waals surface area contributed by atoms with Crippen LogP contribution < -0.4 is 5.32 Å². The molecular formula is C11H20N2O4. The predicted octanol–water partition coefficient (Wildman–Crippen LogP) is 0.670. The number of aliphatic carboxylic acids is 1. The summed E-state index contributed by atoms with van der Waals surface area (Å²) < 4.78 is 4.94. The Morgan fingerprint density at radius 1 is 1.53 bits per heavy atom. The van der Waals surface area contributed by atoms with E-state index in [1.165, 1.54) is 0 Å². The van der Waals surface area contributed by atoms with Crippen molar-refractivity contribution >= 4 is 12.0 Å². The molecule has 1 aliphatic rings. The first-order valence-corrected chi connectivity index (χ1v) is 5.89. The molecule has 0 unspecified atom stereocenters.